The molecule has 0 aromatic heterocycles. The molecule has 1 N–H and O–H groups in total. The molecule has 0 radical (unpaired) electrons. The second-order valence-electron chi connectivity index (χ2n) is 5.61. The van der Waals surface area contributed by atoms with E-state index in [0.717, 1.165) is 11.6 Å². The maximum atomic E-state index is 12.9. The second kappa shape index (κ2) is 8.55. The van der Waals surface area contributed by atoms with Gasteiger partial charge in [0.15, 0.2) is 0 Å². The molecule has 0 spiro atoms. The van der Waals surface area contributed by atoms with E-state index in [0.29, 0.717) is 13.1 Å². The molecule has 0 aliphatic rings. The van der Waals surface area contributed by atoms with Gasteiger partial charge < -0.3 is 10.2 Å². The van der Waals surface area contributed by atoms with Crippen LogP contribution in [0.2, 0.25) is 0 Å². The van der Waals surface area contributed by atoms with Gasteiger partial charge in [-0.1, -0.05) is 42.5 Å². The van der Waals surface area contributed by atoms with Crippen LogP contribution in [0.25, 0.3) is 0 Å². The van der Waals surface area contributed by atoms with E-state index in [1.54, 1.807) is 4.90 Å². The monoisotopic (exact) mass is 350 g/mol. The molecule has 1 amide bonds. The largest absolute Gasteiger partial charge is 0.418 e. The van der Waals surface area contributed by atoms with E-state index in [-0.39, 0.29) is 24.6 Å². The third-order valence-corrected chi connectivity index (χ3v) is 3.84. The molecular formula is C19H21F3N2O. The van der Waals surface area contributed by atoms with Gasteiger partial charge in [-0.25, -0.2) is 0 Å². The summed E-state index contributed by atoms with van der Waals surface area (Å²) in [6, 6.07) is 14.9. The van der Waals surface area contributed by atoms with Gasteiger partial charge in [-0.3, -0.25) is 4.79 Å². The maximum Gasteiger partial charge on any atom is 0.418 e. The quantitative estimate of drug-likeness (QED) is 0.794. The first-order chi connectivity index (χ1) is 11.9. The van der Waals surface area contributed by atoms with Crippen molar-refractivity contribution in [3.05, 3.63) is 65.7 Å². The number of nitrogens with zero attached hydrogens (tertiary/aromatic N) is 1. The van der Waals surface area contributed by atoms with Gasteiger partial charge >= 0.3 is 6.18 Å². The lowest BCUT2D eigenvalue weighted by Gasteiger charge is -2.21. The zero-order chi connectivity index (χ0) is 18.3. The molecule has 0 aliphatic carbocycles. The molecule has 6 heteroatoms. The Hall–Kier alpha value is -2.50. The van der Waals surface area contributed by atoms with Crippen molar-refractivity contribution < 1.29 is 18.0 Å². The number of nitrogens with one attached hydrogen (secondary N) is 1. The third kappa shape index (κ3) is 5.52. The summed E-state index contributed by atoms with van der Waals surface area (Å²) in [5.41, 5.74) is 0.293. The van der Waals surface area contributed by atoms with Crippen LogP contribution in [0.4, 0.5) is 18.9 Å². The summed E-state index contributed by atoms with van der Waals surface area (Å²) < 4.78 is 38.8. The first-order valence-corrected chi connectivity index (χ1v) is 8.13. The molecule has 134 valence electrons. The minimum absolute atomic E-state index is 0.00564. The summed E-state index contributed by atoms with van der Waals surface area (Å²) in [4.78, 5) is 14.0. The van der Waals surface area contributed by atoms with Gasteiger partial charge in [0.1, 0.15) is 0 Å². The molecule has 0 bridgehead atoms. The molecule has 2 rings (SSSR count). The van der Waals surface area contributed by atoms with Crippen molar-refractivity contribution in [1.82, 2.24) is 4.90 Å². The topological polar surface area (TPSA) is 32.3 Å². The van der Waals surface area contributed by atoms with Gasteiger partial charge in [0.2, 0.25) is 5.91 Å². The number of alkyl halides is 3. The van der Waals surface area contributed by atoms with Crippen LogP contribution >= 0.6 is 0 Å². The Morgan fingerprint density at radius 3 is 2.32 bits per heavy atom. The SMILES string of the molecule is CCN(Cc1ccccc1)C(=O)CCNc1ccccc1C(F)(F)F. The standard InChI is InChI=1S/C19H21F3N2O/c1-2-24(14-15-8-4-3-5-9-15)18(25)12-13-23-17-11-7-6-10-16(17)19(20,21)22/h3-11,23H,2,12-14H2,1H3. The lowest BCUT2D eigenvalue weighted by Crippen LogP contribution is -2.31. The Balaban J connectivity index is 1.91. The number of carbonyl (C=O) groups is 1. The first-order valence-electron chi connectivity index (χ1n) is 8.13. The Bertz CT molecular complexity index is 687. The lowest BCUT2D eigenvalue weighted by atomic mass is 10.1. The summed E-state index contributed by atoms with van der Waals surface area (Å²) >= 11 is 0. The predicted octanol–water partition coefficient (Wildman–Crippen LogP) is 4.56. The van der Waals surface area contributed by atoms with Crippen molar-refractivity contribution in [3.8, 4) is 0 Å². The highest BCUT2D eigenvalue weighted by Crippen LogP contribution is 2.34. The van der Waals surface area contributed by atoms with Crippen molar-refractivity contribution >= 4 is 11.6 Å². The molecule has 3 nitrogen and oxygen atoms in total. The number of anilines is 1. The molecule has 2 aromatic carbocycles. The first kappa shape index (κ1) is 18.8. The fourth-order valence-corrected chi connectivity index (χ4v) is 2.53. The Morgan fingerprint density at radius 2 is 1.68 bits per heavy atom. The predicted molar refractivity (Wildman–Crippen MR) is 92.1 cm³/mol. The van der Waals surface area contributed by atoms with Gasteiger partial charge in [0.25, 0.3) is 0 Å². The van der Waals surface area contributed by atoms with Crippen molar-refractivity contribution in [1.29, 1.82) is 0 Å². The van der Waals surface area contributed by atoms with Crippen molar-refractivity contribution in [2.75, 3.05) is 18.4 Å². The molecule has 2 aromatic rings. The number of amides is 1. The van der Waals surface area contributed by atoms with Crippen LogP contribution in [0.5, 0.6) is 0 Å². The summed E-state index contributed by atoms with van der Waals surface area (Å²) in [5, 5.41) is 2.73. The fourth-order valence-electron chi connectivity index (χ4n) is 2.53. The summed E-state index contributed by atoms with van der Waals surface area (Å²) in [6.45, 7) is 3.08. The Labute approximate surface area is 145 Å². The number of halogens is 3. The van der Waals surface area contributed by atoms with Crippen molar-refractivity contribution in [3.63, 3.8) is 0 Å². The molecule has 0 saturated heterocycles. The summed E-state index contributed by atoms with van der Waals surface area (Å²) in [7, 11) is 0. The lowest BCUT2D eigenvalue weighted by molar-refractivity contribution is -0.137. The summed E-state index contributed by atoms with van der Waals surface area (Å²) in [5.74, 6) is -0.0941. The van der Waals surface area contributed by atoms with Crippen LogP contribution in [0.15, 0.2) is 54.6 Å². The molecule has 0 unspecified atom stereocenters. The molecular weight excluding hydrogens is 329 g/mol. The fraction of sp³-hybridized carbons (Fsp3) is 0.316. The van der Waals surface area contributed by atoms with E-state index >= 15 is 0 Å². The number of rotatable bonds is 7. The minimum atomic E-state index is -4.42. The van der Waals surface area contributed by atoms with Gasteiger partial charge in [0.05, 0.1) is 5.56 Å². The van der Waals surface area contributed by atoms with Crippen LogP contribution in [-0.2, 0) is 17.5 Å². The molecule has 0 heterocycles. The van der Waals surface area contributed by atoms with E-state index in [2.05, 4.69) is 5.32 Å². The number of benzene rings is 2. The van der Waals surface area contributed by atoms with Crippen LogP contribution in [0, 0.1) is 0 Å². The minimum Gasteiger partial charge on any atom is -0.384 e. The third-order valence-electron chi connectivity index (χ3n) is 3.84. The smallest absolute Gasteiger partial charge is 0.384 e. The van der Waals surface area contributed by atoms with Crippen molar-refractivity contribution in [2.24, 2.45) is 0 Å². The summed E-state index contributed by atoms with van der Waals surface area (Å²) in [6.07, 6.45) is -4.29. The van der Waals surface area contributed by atoms with E-state index in [1.807, 2.05) is 37.3 Å². The van der Waals surface area contributed by atoms with E-state index in [4.69, 9.17) is 0 Å². The van der Waals surface area contributed by atoms with Gasteiger partial charge in [-0.05, 0) is 24.6 Å². The maximum absolute atomic E-state index is 12.9. The average molecular weight is 350 g/mol. The highest BCUT2D eigenvalue weighted by Gasteiger charge is 2.33. The zero-order valence-electron chi connectivity index (χ0n) is 14.0. The molecule has 0 saturated carbocycles. The van der Waals surface area contributed by atoms with Crippen LogP contribution in [-0.4, -0.2) is 23.9 Å². The number of hydrogen-bond donors (Lipinski definition) is 1. The van der Waals surface area contributed by atoms with E-state index in [9.17, 15) is 18.0 Å². The van der Waals surface area contributed by atoms with Crippen LogP contribution in [0.1, 0.15) is 24.5 Å². The molecule has 25 heavy (non-hydrogen) atoms. The van der Waals surface area contributed by atoms with E-state index in [1.165, 1.54) is 18.2 Å². The number of carbonyl (C=O) groups excluding carboxylic acids is 1. The average Bonchev–Trinajstić information content (AvgIpc) is 2.60. The Kier molecular flexibility index (Phi) is 6.44. The number of para-hydroxylation sites is 1. The molecule has 0 aliphatic heterocycles. The van der Waals surface area contributed by atoms with Gasteiger partial charge in [0, 0.05) is 31.7 Å². The highest BCUT2D eigenvalue weighted by atomic mass is 19.4. The Morgan fingerprint density at radius 1 is 1.04 bits per heavy atom. The van der Waals surface area contributed by atoms with Gasteiger partial charge in [-0.2, -0.15) is 13.2 Å². The zero-order valence-corrected chi connectivity index (χ0v) is 14.0. The molecule has 0 atom stereocenters. The van der Waals surface area contributed by atoms with Crippen molar-refractivity contribution in [2.45, 2.75) is 26.1 Å². The second-order valence-corrected chi connectivity index (χ2v) is 5.61. The van der Waals surface area contributed by atoms with Crippen LogP contribution < -0.4 is 5.32 Å². The van der Waals surface area contributed by atoms with E-state index < -0.39 is 11.7 Å². The number of hydrogen-bond acceptors (Lipinski definition) is 2. The normalized spacial score (nSPS) is 11.2. The highest BCUT2D eigenvalue weighted by molar-refractivity contribution is 5.76. The van der Waals surface area contributed by atoms with Gasteiger partial charge in [-0.15, -0.1) is 0 Å². The van der Waals surface area contributed by atoms with Crippen LogP contribution in [0.3, 0.4) is 0 Å². The molecule has 0 fully saturated rings.